The number of sulfone groups is 1. The monoisotopic (exact) mass is 495 g/mol. The summed E-state index contributed by atoms with van der Waals surface area (Å²) in [6.45, 7) is 4.35. The zero-order valence-corrected chi connectivity index (χ0v) is 21.1. The molecule has 4 rings (SSSR count). The molecular formula is C26H29N3O5S. The Kier molecular flexibility index (Phi) is 6.98. The molecule has 0 saturated carbocycles. The topological polar surface area (TPSA) is 103 Å². The van der Waals surface area contributed by atoms with Crippen LogP contribution in [-0.4, -0.2) is 48.7 Å². The Balaban J connectivity index is 1.88. The number of rotatable bonds is 9. The molecule has 0 bridgehead atoms. The molecule has 0 amide bonds. The highest BCUT2D eigenvalue weighted by molar-refractivity contribution is 7.90. The van der Waals surface area contributed by atoms with Gasteiger partial charge in [0.15, 0.2) is 17.1 Å². The van der Waals surface area contributed by atoms with Gasteiger partial charge >= 0.3 is 5.69 Å². The van der Waals surface area contributed by atoms with E-state index in [1.807, 2.05) is 31.2 Å². The average Bonchev–Trinajstić information content (AvgIpc) is 3.16. The minimum atomic E-state index is -3.46. The summed E-state index contributed by atoms with van der Waals surface area (Å²) >= 11 is 0. The average molecular weight is 496 g/mol. The molecule has 0 radical (unpaired) electrons. The number of hydrogen-bond donors (Lipinski definition) is 1. The first kappa shape index (κ1) is 24.5. The van der Waals surface area contributed by atoms with E-state index in [9.17, 15) is 13.2 Å². The van der Waals surface area contributed by atoms with Crippen LogP contribution in [0.3, 0.4) is 0 Å². The van der Waals surface area contributed by atoms with Gasteiger partial charge in [-0.3, -0.25) is 4.57 Å². The molecule has 0 aliphatic rings. The first-order valence-electron chi connectivity index (χ1n) is 11.4. The number of benzene rings is 2. The third-order valence-electron chi connectivity index (χ3n) is 5.91. The van der Waals surface area contributed by atoms with E-state index in [2.05, 4.69) is 23.0 Å². The Hall–Kier alpha value is -3.59. The van der Waals surface area contributed by atoms with Crippen LogP contribution < -0.4 is 15.2 Å². The molecule has 184 valence electrons. The van der Waals surface area contributed by atoms with E-state index >= 15 is 0 Å². The summed E-state index contributed by atoms with van der Waals surface area (Å²) in [4.78, 5) is 20.6. The van der Waals surface area contributed by atoms with Crippen LogP contribution in [0.1, 0.15) is 31.0 Å². The van der Waals surface area contributed by atoms with Crippen molar-refractivity contribution in [3.05, 3.63) is 76.3 Å². The number of nitrogens with one attached hydrogen (secondary N) is 1. The quantitative estimate of drug-likeness (QED) is 0.377. The normalized spacial score (nSPS) is 12.6. The summed E-state index contributed by atoms with van der Waals surface area (Å²) in [7, 11) is -1.92. The summed E-state index contributed by atoms with van der Waals surface area (Å²) in [5.41, 5.74) is 4.19. The lowest BCUT2D eigenvalue weighted by molar-refractivity contribution is 0.310. The number of methoxy groups -OCH3 is 1. The standard InChI is InChI=1S/C26H29N3O5S/c1-5-17-9-7-8-10-20(17)19-13-21-25(27-15-19)29(26(30)28-21)22(16-35(4,31)32)18-11-12-23(33-3)24(14-18)34-6-2/h7-15,22H,5-6,16H2,1-4H3,(H,28,30). The number of aryl methyl sites for hydroxylation is 1. The van der Waals surface area contributed by atoms with Crippen LogP contribution in [0.4, 0.5) is 0 Å². The Morgan fingerprint density at radius 1 is 1.09 bits per heavy atom. The Morgan fingerprint density at radius 3 is 2.54 bits per heavy atom. The van der Waals surface area contributed by atoms with Gasteiger partial charge in [0.1, 0.15) is 9.84 Å². The molecule has 0 fully saturated rings. The Morgan fingerprint density at radius 2 is 1.86 bits per heavy atom. The molecule has 2 heterocycles. The number of H-pyrrole nitrogens is 1. The predicted molar refractivity (Wildman–Crippen MR) is 137 cm³/mol. The molecule has 2 aromatic carbocycles. The molecule has 1 unspecified atom stereocenters. The SMILES string of the molecule is CCOc1cc(C(CS(C)(=O)=O)n2c(=O)[nH]c3cc(-c4ccccc4CC)cnc32)ccc1OC. The molecular weight excluding hydrogens is 466 g/mol. The molecule has 4 aromatic rings. The van der Waals surface area contributed by atoms with Crippen LogP contribution in [0.2, 0.25) is 0 Å². The van der Waals surface area contributed by atoms with Gasteiger partial charge in [-0.1, -0.05) is 37.3 Å². The maximum atomic E-state index is 13.2. The van der Waals surface area contributed by atoms with Gasteiger partial charge in [-0.05, 0) is 48.2 Å². The van der Waals surface area contributed by atoms with Crippen molar-refractivity contribution in [3.63, 3.8) is 0 Å². The van der Waals surface area contributed by atoms with E-state index in [1.54, 1.807) is 24.4 Å². The molecule has 0 aliphatic heterocycles. The van der Waals surface area contributed by atoms with Crippen LogP contribution in [0.15, 0.2) is 59.5 Å². The third-order valence-corrected chi connectivity index (χ3v) is 6.83. The minimum Gasteiger partial charge on any atom is -0.493 e. The molecule has 9 heteroatoms. The number of pyridine rings is 1. The van der Waals surface area contributed by atoms with Crippen LogP contribution >= 0.6 is 0 Å². The smallest absolute Gasteiger partial charge is 0.328 e. The number of aromatic nitrogens is 3. The van der Waals surface area contributed by atoms with E-state index in [-0.39, 0.29) is 5.75 Å². The fourth-order valence-electron chi connectivity index (χ4n) is 4.34. The largest absolute Gasteiger partial charge is 0.493 e. The lowest BCUT2D eigenvalue weighted by atomic mass is 9.99. The van der Waals surface area contributed by atoms with Gasteiger partial charge in [-0.15, -0.1) is 0 Å². The molecule has 35 heavy (non-hydrogen) atoms. The van der Waals surface area contributed by atoms with E-state index in [1.165, 1.54) is 17.2 Å². The molecule has 0 spiro atoms. The van der Waals surface area contributed by atoms with Gasteiger partial charge < -0.3 is 14.5 Å². The van der Waals surface area contributed by atoms with Crippen molar-refractivity contribution in [2.24, 2.45) is 0 Å². The zero-order chi connectivity index (χ0) is 25.2. The van der Waals surface area contributed by atoms with E-state index < -0.39 is 21.6 Å². The van der Waals surface area contributed by atoms with Gasteiger partial charge in [-0.2, -0.15) is 0 Å². The van der Waals surface area contributed by atoms with Gasteiger partial charge in [0, 0.05) is 18.0 Å². The van der Waals surface area contributed by atoms with Gasteiger partial charge in [0.05, 0.1) is 31.0 Å². The van der Waals surface area contributed by atoms with Crippen molar-refractivity contribution in [3.8, 4) is 22.6 Å². The van der Waals surface area contributed by atoms with Crippen molar-refractivity contribution < 1.29 is 17.9 Å². The maximum absolute atomic E-state index is 13.2. The Labute approximate surface area is 204 Å². The maximum Gasteiger partial charge on any atom is 0.328 e. The number of nitrogens with zero attached hydrogens (tertiary/aromatic N) is 2. The van der Waals surface area contributed by atoms with Crippen LogP contribution in [0.25, 0.3) is 22.3 Å². The fourth-order valence-corrected chi connectivity index (χ4v) is 5.25. The van der Waals surface area contributed by atoms with Crippen LogP contribution in [-0.2, 0) is 16.3 Å². The summed E-state index contributed by atoms with van der Waals surface area (Å²) in [5.74, 6) is 0.725. The van der Waals surface area contributed by atoms with Crippen molar-refractivity contribution >= 4 is 21.0 Å². The summed E-state index contributed by atoms with van der Waals surface area (Å²) in [6.07, 6.45) is 3.74. The van der Waals surface area contributed by atoms with Crippen molar-refractivity contribution in [2.75, 3.05) is 25.7 Å². The van der Waals surface area contributed by atoms with E-state index in [0.717, 1.165) is 23.8 Å². The van der Waals surface area contributed by atoms with Gasteiger partial charge in [0.25, 0.3) is 0 Å². The molecule has 1 atom stereocenters. The highest BCUT2D eigenvalue weighted by Crippen LogP contribution is 2.33. The number of aromatic amines is 1. The lowest BCUT2D eigenvalue weighted by Crippen LogP contribution is -2.28. The molecule has 1 N–H and O–H groups in total. The van der Waals surface area contributed by atoms with Crippen molar-refractivity contribution in [1.82, 2.24) is 14.5 Å². The number of ether oxygens (including phenoxy) is 2. The second-order valence-electron chi connectivity index (χ2n) is 8.36. The molecule has 0 aliphatic carbocycles. The third kappa shape index (κ3) is 5.09. The fraction of sp³-hybridized carbons (Fsp3) is 0.308. The first-order valence-corrected chi connectivity index (χ1v) is 13.5. The zero-order valence-electron chi connectivity index (χ0n) is 20.2. The van der Waals surface area contributed by atoms with E-state index in [4.69, 9.17) is 9.47 Å². The highest BCUT2D eigenvalue weighted by Gasteiger charge is 2.26. The van der Waals surface area contributed by atoms with Crippen LogP contribution in [0.5, 0.6) is 11.5 Å². The number of hydrogen-bond acceptors (Lipinski definition) is 6. The predicted octanol–water partition coefficient (Wildman–Crippen LogP) is 4.00. The van der Waals surface area contributed by atoms with Crippen molar-refractivity contribution in [1.29, 1.82) is 0 Å². The number of imidazole rings is 1. The summed E-state index contributed by atoms with van der Waals surface area (Å²) in [5, 5.41) is 0. The van der Waals surface area contributed by atoms with Gasteiger partial charge in [-0.25, -0.2) is 18.2 Å². The molecule has 0 saturated heterocycles. The van der Waals surface area contributed by atoms with Gasteiger partial charge in [0.2, 0.25) is 0 Å². The molecule has 8 nitrogen and oxygen atoms in total. The summed E-state index contributed by atoms with van der Waals surface area (Å²) < 4.78 is 37.3. The van der Waals surface area contributed by atoms with Crippen molar-refractivity contribution in [2.45, 2.75) is 26.3 Å². The highest BCUT2D eigenvalue weighted by atomic mass is 32.2. The van der Waals surface area contributed by atoms with Crippen LogP contribution in [0, 0.1) is 0 Å². The number of fused-ring (bicyclic) bond motifs is 1. The lowest BCUT2D eigenvalue weighted by Gasteiger charge is -2.20. The minimum absolute atomic E-state index is 0.278. The summed E-state index contributed by atoms with van der Waals surface area (Å²) in [6, 6.07) is 14.3. The second kappa shape index (κ2) is 9.95. The molecule has 2 aromatic heterocycles. The Bertz CT molecular complexity index is 1520. The van der Waals surface area contributed by atoms with E-state index in [0.29, 0.717) is 34.8 Å². The first-order chi connectivity index (χ1) is 16.8. The second-order valence-corrected chi connectivity index (χ2v) is 10.5.